The number of amides is 1. The zero-order valence-corrected chi connectivity index (χ0v) is 16.4. The van der Waals surface area contributed by atoms with E-state index in [0.717, 1.165) is 15.7 Å². The van der Waals surface area contributed by atoms with E-state index in [1.54, 1.807) is 18.2 Å². The first kappa shape index (κ1) is 17.2. The number of carbonyl (C=O) groups is 1. The van der Waals surface area contributed by atoms with Crippen molar-refractivity contribution in [3.8, 4) is 5.75 Å². The van der Waals surface area contributed by atoms with Crippen molar-refractivity contribution in [3.05, 3.63) is 62.0 Å². The maximum Gasteiger partial charge on any atom is 0.274 e. The van der Waals surface area contributed by atoms with Crippen LogP contribution in [0.3, 0.4) is 0 Å². The number of phenols is 1. The van der Waals surface area contributed by atoms with Crippen LogP contribution in [0.15, 0.2) is 50.4 Å². The Morgan fingerprint density at radius 3 is 2.54 bits per heavy atom. The van der Waals surface area contributed by atoms with Gasteiger partial charge in [-0.15, -0.1) is 0 Å². The molecule has 2 aromatic carbocycles. The fourth-order valence-electron chi connectivity index (χ4n) is 2.76. The molecule has 0 spiro atoms. The van der Waals surface area contributed by atoms with E-state index in [-0.39, 0.29) is 17.7 Å². The van der Waals surface area contributed by atoms with Gasteiger partial charge >= 0.3 is 0 Å². The Kier molecular flexibility index (Phi) is 4.78. The first-order valence-corrected chi connectivity index (χ1v) is 9.07. The summed E-state index contributed by atoms with van der Waals surface area (Å²) in [5, 5.41) is 16.3. The number of hydrogen-bond acceptors (Lipinski definition) is 3. The summed E-state index contributed by atoms with van der Waals surface area (Å²) in [5.74, 6) is -0.0397. The van der Waals surface area contributed by atoms with Gasteiger partial charge in [0.2, 0.25) is 0 Å². The highest BCUT2D eigenvalue weighted by Crippen LogP contribution is 2.41. The third kappa shape index (κ3) is 3.26. The van der Waals surface area contributed by atoms with Gasteiger partial charge in [0.1, 0.15) is 5.75 Å². The standard InChI is InChI=1S/C18H16Br2N2O2/c1-10-3-5-12(6-4-10)18(24)22-16(7-11(2)21-22)14-8-13(19)9-15(20)17(14)23/h3-6,8-9,16,23H,7H2,1-2H3. The number of phenolic OH excluding ortho intramolecular Hbond substituents is 1. The summed E-state index contributed by atoms with van der Waals surface area (Å²) in [6, 6.07) is 10.7. The molecule has 0 aliphatic carbocycles. The first-order valence-electron chi connectivity index (χ1n) is 7.49. The van der Waals surface area contributed by atoms with Gasteiger partial charge in [-0.05, 0) is 54.0 Å². The lowest BCUT2D eigenvalue weighted by Gasteiger charge is -2.23. The Morgan fingerprint density at radius 1 is 1.21 bits per heavy atom. The number of carbonyl (C=O) groups excluding carboxylic acids is 1. The molecular formula is C18H16Br2N2O2. The molecule has 0 fully saturated rings. The largest absolute Gasteiger partial charge is 0.506 e. The summed E-state index contributed by atoms with van der Waals surface area (Å²) in [6.45, 7) is 3.87. The van der Waals surface area contributed by atoms with Crippen molar-refractivity contribution in [1.29, 1.82) is 0 Å². The Balaban J connectivity index is 2.00. The van der Waals surface area contributed by atoms with Crippen LogP contribution in [0.1, 0.15) is 40.9 Å². The van der Waals surface area contributed by atoms with Gasteiger partial charge in [-0.2, -0.15) is 5.10 Å². The Hall–Kier alpha value is -1.66. The Labute approximate surface area is 157 Å². The van der Waals surface area contributed by atoms with Gasteiger partial charge in [0.25, 0.3) is 5.91 Å². The van der Waals surface area contributed by atoms with Crippen molar-refractivity contribution in [2.45, 2.75) is 26.3 Å². The third-order valence-corrected chi connectivity index (χ3v) is 5.05. The van der Waals surface area contributed by atoms with Crippen LogP contribution in [0.5, 0.6) is 5.75 Å². The average Bonchev–Trinajstić information content (AvgIpc) is 2.92. The van der Waals surface area contributed by atoms with Gasteiger partial charge in [-0.25, -0.2) is 5.01 Å². The molecule has 0 aromatic heterocycles. The molecule has 4 nitrogen and oxygen atoms in total. The van der Waals surface area contributed by atoms with Crippen LogP contribution in [0.2, 0.25) is 0 Å². The lowest BCUT2D eigenvalue weighted by atomic mass is 10.0. The molecule has 3 rings (SSSR count). The molecule has 1 heterocycles. The molecule has 6 heteroatoms. The molecule has 1 unspecified atom stereocenters. The minimum Gasteiger partial charge on any atom is -0.506 e. The van der Waals surface area contributed by atoms with E-state index in [0.29, 0.717) is 22.0 Å². The molecule has 0 radical (unpaired) electrons. The summed E-state index contributed by atoms with van der Waals surface area (Å²) in [7, 11) is 0. The molecule has 1 aliphatic heterocycles. The lowest BCUT2D eigenvalue weighted by molar-refractivity contribution is 0.0709. The third-order valence-electron chi connectivity index (χ3n) is 3.99. The van der Waals surface area contributed by atoms with Crippen LogP contribution < -0.4 is 0 Å². The highest BCUT2D eigenvalue weighted by Gasteiger charge is 2.33. The molecule has 1 aliphatic rings. The number of hydrogen-bond donors (Lipinski definition) is 1. The number of rotatable bonds is 2. The van der Waals surface area contributed by atoms with E-state index in [1.807, 2.05) is 32.0 Å². The minimum atomic E-state index is -0.326. The van der Waals surface area contributed by atoms with Crippen molar-refractivity contribution < 1.29 is 9.90 Å². The monoisotopic (exact) mass is 450 g/mol. The van der Waals surface area contributed by atoms with Crippen LogP contribution in [0.4, 0.5) is 0 Å². The fraction of sp³-hybridized carbons (Fsp3) is 0.222. The van der Waals surface area contributed by atoms with Gasteiger partial charge < -0.3 is 5.11 Å². The molecule has 2 aromatic rings. The molecule has 1 N–H and O–H groups in total. The summed E-state index contributed by atoms with van der Waals surface area (Å²) in [5.41, 5.74) is 3.20. The van der Waals surface area contributed by atoms with Crippen molar-refractivity contribution >= 4 is 43.5 Å². The highest BCUT2D eigenvalue weighted by molar-refractivity contribution is 9.11. The topological polar surface area (TPSA) is 52.9 Å². The summed E-state index contributed by atoms with van der Waals surface area (Å²) < 4.78 is 1.41. The van der Waals surface area contributed by atoms with E-state index in [4.69, 9.17) is 0 Å². The van der Waals surface area contributed by atoms with Gasteiger partial charge in [0.15, 0.2) is 0 Å². The Bertz CT molecular complexity index is 832. The van der Waals surface area contributed by atoms with Crippen molar-refractivity contribution in [1.82, 2.24) is 5.01 Å². The second kappa shape index (κ2) is 6.69. The second-order valence-electron chi connectivity index (χ2n) is 5.90. The van der Waals surface area contributed by atoms with Crippen LogP contribution in [0, 0.1) is 6.92 Å². The smallest absolute Gasteiger partial charge is 0.274 e. The molecule has 0 saturated carbocycles. The summed E-state index contributed by atoms with van der Waals surface area (Å²) in [4.78, 5) is 12.9. The zero-order valence-electron chi connectivity index (χ0n) is 13.3. The van der Waals surface area contributed by atoms with E-state index < -0.39 is 0 Å². The maximum absolute atomic E-state index is 12.9. The second-order valence-corrected chi connectivity index (χ2v) is 7.67. The van der Waals surface area contributed by atoms with Crippen molar-refractivity contribution in [2.24, 2.45) is 5.10 Å². The molecule has 0 bridgehead atoms. The summed E-state index contributed by atoms with van der Waals surface area (Å²) >= 11 is 6.79. The number of halogens is 2. The number of benzene rings is 2. The zero-order chi connectivity index (χ0) is 17.4. The van der Waals surface area contributed by atoms with Crippen molar-refractivity contribution in [2.75, 3.05) is 0 Å². The van der Waals surface area contributed by atoms with Crippen LogP contribution in [-0.4, -0.2) is 21.7 Å². The molecule has 1 atom stereocenters. The van der Waals surface area contributed by atoms with Crippen LogP contribution in [0.25, 0.3) is 0 Å². The van der Waals surface area contributed by atoms with E-state index >= 15 is 0 Å². The fourth-order valence-corrected chi connectivity index (χ4v) is 4.02. The van der Waals surface area contributed by atoms with Crippen LogP contribution >= 0.6 is 31.9 Å². The number of hydrazone groups is 1. The van der Waals surface area contributed by atoms with Crippen molar-refractivity contribution in [3.63, 3.8) is 0 Å². The predicted molar refractivity (Wildman–Crippen MR) is 101 cm³/mol. The van der Waals surface area contributed by atoms with E-state index in [2.05, 4.69) is 37.0 Å². The maximum atomic E-state index is 12.9. The number of aryl methyl sites for hydroxylation is 1. The molecular weight excluding hydrogens is 436 g/mol. The molecule has 24 heavy (non-hydrogen) atoms. The number of nitrogens with zero attached hydrogens (tertiary/aromatic N) is 2. The average molecular weight is 452 g/mol. The molecule has 1 amide bonds. The molecule has 0 saturated heterocycles. The van der Waals surface area contributed by atoms with Crippen LogP contribution in [-0.2, 0) is 0 Å². The van der Waals surface area contributed by atoms with Gasteiger partial charge in [0.05, 0.1) is 10.5 Å². The number of aromatic hydroxyl groups is 1. The minimum absolute atomic E-state index is 0.134. The highest BCUT2D eigenvalue weighted by atomic mass is 79.9. The molecule has 124 valence electrons. The Morgan fingerprint density at radius 2 is 1.88 bits per heavy atom. The first-order chi connectivity index (χ1) is 11.4. The lowest BCUT2D eigenvalue weighted by Crippen LogP contribution is -2.27. The van der Waals surface area contributed by atoms with E-state index in [1.165, 1.54) is 5.01 Å². The quantitative estimate of drug-likeness (QED) is 0.683. The van der Waals surface area contributed by atoms with Gasteiger partial charge in [-0.3, -0.25) is 4.79 Å². The SMILES string of the molecule is CC1=NN(C(=O)c2ccc(C)cc2)C(c2cc(Br)cc(Br)c2O)C1. The van der Waals surface area contributed by atoms with E-state index in [9.17, 15) is 9.90 Å². The summed E-state index contributed by atoms with van der Waals surface area (Å²) in [6.07, 6.45) is 0.591. The predicted octanol–water partition coefficient (Wildman–Crippen LogP) is 5.19. The van der Waals surface area contributed by atoms with Gasteiger partial charge in [0, 0.05) is 27.7 Å². The normalized spacial score (nSPS) is 17.1. The van der Waals surface area contributed by atoms with Gasteiger partial charge in [-0.1, -0.05) is 33.6 Å².